The molecule has 0 unspecified atom stereocenters. The van der Waals surface area contributed by atoms with Crippen LogP contribution < -0.4 is 10.6 Å². The zero-order valence-corrected chi connectivity index (χ0v) is 21.4. The van der Waals surface area contributed by atoms with Crippen molar-refractivity contribution in [2.75, 3.05) is 0 Å². The highest BCUT2D eigenvalue weighted by molar-refractivity contribution is 5.98. The molecule has 3 aromatic carbocycles. The van der Waals surface area contributed by atoms with Gasteiger partial charge in [0.25, 0.3) is 17.3 Å². The number of hydrogen-bond acceptors (Lipinski definition) is 11. The maximum atomic E-state index is 13.3. The van der Waals surface area contributed by atoms with Crippen LogP contribution in [0.2, 0.25) is 0 Å². The summed E-state index contributed by atoms with van der Waals surface area (Å²) in [6, 6.07) is 8.88. The largest absolute Gasteiger partial charge is 0.504 e. The van der Waals surface area contributed by atoms with E-state index in [-0.39, 0.29) is 35.7 Å². The third kappa shape index (κ3) is 6.33. The average Bonchev–Trinajstić information content (AvgIpc) is 3.42. The zero-order chi connectivity index (χ0) is 30.6. The van der Waals surface area contributed by atoms with Crippen molar-refractivity contribution >= 4 is 23.2 Å². The summed E-state index contributed by atoms with van der Waals surface area (Å²) in [7, 11) is 0. The van der Waals surface area contributed by atoms with Gasteiger partial charge in [0.05, 0.1) is 22.2 Å². The minimum absolute atomic E-state index is 0.0772. The first-order chi connectivity index (χ1) is 19.9. The van der Waals surface area contributed by atoms with Gasteiger partial charge in [-0.1, -0.05) is 6.07 Å². The summed E-state index contributed by atoms with van der Waals surface area (Å²) in [6.45, 7) is -0.119. The summed E-state index contributed by atoms with van der Waals surface area (Å²) in [5.74, 6) is -3.33. The maximum Gasteiger partial charge on any atom is 0.300 e. The first kappa shape index (κ1) is 28.8. The van der Waals surface area contributed by atoms with Gasteiger partial charge in [-0.15, -0.1) is 0 Å². The van der Waals surface area contributed by atoms with Crippen molar-refractivity contribution in [2.45, 2.75) is 19.0 Å². The second kappa shape index (κ2) is 11.9. The smallest absolute Gasteiger partial charge is 0.300 e. The molecule has 2 amide bonds. The molecule has 1 aromatic heterocycles. The number of nitro benzene ring substituents is 2. The number of carbonyl (C=O) groups excluding carboxylic acids is 2. The standard InChI is InChI=1S/C26H22N6O10/c33-21-5-1-14(7-23(21)35)11-28-26(38)18(29-25(37)15-2-6-22(34)24(36)8-15)9-17-12-27-13-30(17)19-4-3-16(31(39)40)10-20(19)32(41)42/h1-8,10,12-13,18,33-36H,9,11H2,(H,28,38)(H,29,37)/t18-/m0/s1. The Bertz CT molecular complexity index is 1700. The van der Waals surface area contributed by atoms with Crippen molar-refractivity contribution in [3.63, 3.8) is 0 Å². The fourth-order valence-electron chi connectivity index (χ4n) is 3.98. The van der Waals surface area contributed by atoms with Crippen LogP contribution in [-0.2, 0) is 17.8 Å². The van der Waals surface area contributed by atoms with E-state index in [9.17, 15) is 50.2 Å². The number of hydrogen-bond donors (Lipinski definition) is 6. The average molecular weight is 578 g/mol. The number of benzene rings is 3. The summed E-state index contributed by atoms with van der Waals surface area (Å²) < 4.78 is 1.25. The predicted octanol–water partition coefficient (Wildman–Crippen LogP) is 2.17. The normalized spacial score (nSPS) is 11.4. The summed E-state index contributed by atoms with van der Waals surface area (Å²) in [6.07, 6.45) is 2.23. The Morgan fingerprint density at radius 1 is 0.881 bits per heavy atom. The number of phenolic OH excluding ortho intramolecular Hbond substituents is 4. The van der Waals surface area contributed by atoms with Crippen molar-refractivity contribution in [1.29, 1.82) is 0 Å². The van der Waals surface area contributed by atoms with Gasteiger partial charge in [-0.3, -0.25) is 34.4 Å². The van der Waals surface area contributed by atoms with Gasteiger partial charge in [0.15, 0.2) is 23.0 Å². The molecule has 6 N–H and O–H groups in total. The van der Waals surface area contributed by atoms with Crippen LogP contribution in [0.3, 0.4) is 0 Å². The van der Waals surface area contributed by atoms with Crippen LogP contribution >= 0.6 is 0 Å². The Hall–Kier alpha value is -6.19. The van der Waals surface area contributed by atoms with Gasteiger partial charge in [0.1, 0.15) is 11.7 Å². The van der Waals surface area contributed by atoms with Crippen molar-refractivity contribution in [2.24, 2.45) is 0 Å². The summed E-state index contributed by atoms with van der Waals surface area (Å²) in [5.41, 5.74) is -0.645. The molecule has 0 saturated carbocycles. The van der Waals surface area contributed by atoms with Gasteiger partial charge >= 0.3 is 0 Å². The highest BCUT2D eigenvalue weighted by atomic mass is 16.6. The first-order valence-corrected chi connectivity index (χ1v) is 12.0. The second-order valence-electron chi connectivity index (χ2n) is 8.92. The number of imidazole rings is 1. The van der Waals surface area contributed by atoms with Crippen molar-refractivity contribution in [3.8, 4) is 28.7 Å². The lowest BCUT2D eigenvalue weighted by Crippen LogP contribution is -2.48. The molecule has 0 fully saturated rings. The zero-order valence-electron chi connectivity index (χ0n) is 21.4. The van der Waals surface area contributed by atoms with Crippen LogP contribution in [0.1, 0.15) is 21.6 Å². The molecule has 0 radical (unpaired) electrons. The van der Waals surface area contributed by atoms with E-state index in [0.29, 0.717) is 5.56 Å². The van der Waals surface area contributed by atoms with E-state index >= 15 is 0 Å². The lowest BCUT2D eigenvalue weighted by Gasteiger charge is -2.20. The van der Waals surface area contributed by atoms with E-state index in [1.54, 1.807) is 0 Å². The molecule has 216 valence electrons. The quantitative estimate of drug-likeness (QED) is 0.0904. The van der Waals surface area contributed by atoms with Gasteiger partial charge in [-0.2, -0.15) is 0 Å². The Kier molecular flexibility index (Phi) is 8.17. The molecular weight excluding hydrogens is 556 g/mol. The van der Waals surface area contributed by atoms with E-state index in [1.165, 1.54) is 41.4 Å². The molecule has 0 saturated heterocycles. The number of nitrogens with zero attached hydrogens (tertiary/aromatic N) is 4. The number of phenols is 4. The third-order valence-corrected chi connectivity index (χ3v) is 6.12. The van der Waals surface area contributed by atoms with Gasteiger partial charge in [-0.05, 0) is 42.0 Å². The van der Waals surface area contributed by atoms with Crippen LogP contribution in [0.4, 0.5) is 11.4 Å². The van der Waals surface area contributed by atoms with Crippen LogP contribution in [0.25, 0.3) is 5.69 Å². The molecule has 0 aliphatic heterocycles. The van der Waals surface area contributed by atoms with Crippen molar-refractivity contribution in [3.05, 3.63) is 104 Å². The summed E-state index contributed by atoms with van der Waals surface area (Å²) in [5, 5.41) is 66.5. The molecule has 1 atom stereocenters. The lowest BCUT2D eigenvalue weighted by atomic mass is 10.1. The number of non-ortho nitro benzene ring substituents is 1. The van der Waals surface area contributed by atoms with Crippen molar-refractivity contribution in [1.82, 2.24) is 20.2 Å². The van der Waals surface area contributed by atoms with Gasteiger partial charge in [0, 0.05) is 36.5 Å². The number of aromatic hydroxyl groups is 4. The Morgan fingerprint density at radius 2 is 1.57 bits per heavy atom. The molecule has 0 bridgehead atoms. The molecule has 4 rings (SSSR count). The van der Waals surface area contributed by atoms with E-state index < -0.39 is 56.3 Å². The number of nitro groups is 2. The fourth-order valence-corrected chi connectivity index (χ4v) is 3.98. The number of rotatable bonds is 10. The molecule has 0 aliphatic carbocycles. The van der Waals surface area contributed by atoms with Crippen LogP contribution in [-0.4, -0.2) is 57.7 Å². The second-order valence-corrected chi connectivity index (χ2v) is 8.92. The Labute approximate surface area is 235 Å². The molecule has 42 heavy (non-hydrogen) atoms. The number of aromatic nitrogens is 2. The van der Waals surface area contributed by atoms with E-state index in [0.717, 1.165) is 30.3 Å². The number of amides is 2. The highest BCUT2D eigenvalue weighted by Crippen LogP contribution is 2.29. The summed E-state index contributed by atoms with van der Waals surface area (Å²) in [4.78, 5) is 51.5. The monoisotopic (exact) mass is 578 g/mol. The maximum absolute atomic E-state index is 13.3. The van der Waals surface area contributed by atoms with E-state index in [2.05, 4.69) is 15.6 Å². The molecule has 0 spiro atoms. The molecule has 16 heteroatoms. The third-order valence-electron chi connectivity index (χ3n) is 6.12. The van der Waals surface area contributed by atoms with Crippen LogP contribution in [0.15, 0.2) is 67.1 Å². The topological polar surface area (TPSA) is 243 Å². The molecule has 16 nitrogen and oxygen atoms in total. The molecule has 0 aliphatic rings. The Balaban J connectivity index is 1.65. The fraction of sp³-hybridized carbons (Fsp3) is 0.115. The molecule has 4 aromatic rings. The minimum Gasteiger partial charge on any atom is -0.504 e. The van der Waals surface area contributed by atoms with E-state index in [1.807, 2.05) is 0 Å². The minimum atomic E-state index is -1.33. The number of nitrogens with one attached hydrogen (secondary N) is 2. The van der Waals surface area contributed by atoms with Crippen LogP contribution in [0, 0.1) is 20.2 Å². The first-order valence-electron chi connectivity index (χ1n) is 12.0. The molecule has 1 heterocycles. The van der Waals surface area contributed by atoms with Crippen LogP contribution in [0.5, 0.6) is 23.0 Å². The van der Waals surface area contributed by atoms with Gasteiger partial charge in [-0.25, -0.2) is 4.98 Å². The van der Waals surface area contributed by atoms with Gasteiger partial charge in [0.2, 0.25) is 5.91 Å². The lowest BCUT2D eigenvalue weighted by molar-refractivity contribution is -0.394. The number of carbonyl (C=O) groups is 2. The molecular formula is C26H22N6O10. The van der Waals surface area contributed by atoms with Crippen molar-refractivity contribution < 1.29 is 39.9 Å². The SMILES string of the molecule is O=C(N[C@@H](Cc1cncn1-c1ccc([N+](=O)[O-])cc1[N+](=O)[O-])C(=O)NCc1ccc(O)c(O)c1)c1ccc(O)c(O)c1. The highest BCUT2D eigenvalue weighted by Gasteiger charge is 2.27. The van der Waals surface area contributed by atoms with E-state index in [4.69, 9.17) is 0 Å². The van der Waals surface area contributed by atoms with Gasteiger partial charge < -0.3 is 31.1 Å². The Morgan fingerprint density at radius 3 is 2.21 bits per heavy atom. The summed E-state index contributed by atoms with van der Waals surface area (Å²) >= 11 is 0. The predicted molar refractivity (Wildman–Crippen MR) is 143 cm³/mol.